The number of ether oxygens (including phenoxy) is 3. The first-order valence-corrected chi connectivity index (χ1v) is 10.7. The van der Waals surface area contributed by atoms with Gasteiger partial charge in [0.05, 0.1) is 6.10 Å². The van der Waals surface area contributed by atoms with Crippen LogP contribution in [0.25, 0.3) is 0 Å². The second kappa shape index (κ2) is 9.02. The van der Waals surface area contributed by atoms with Gasteiger partial charge in [-0.05, 0) is 71.9 Å². The van der Waals surface area contributed by atoms with E-state index in [1.807, 2.05) is 24.3 Å². The molecule has 2 saturated heterocycles. The molecule has 28 heavy (non-hydrogen) atoms. The maximum absolute atomic E-state index is 10.7. The molecule has 5 nitrogen and oxygen atoms in total. The highest BCUT2D eigenvalue weighted by Crippen LogP contribution is 2.38. The predicted molar refractivity (Wildman–Crippen MR) is 111 cm³/mol. The molecule has 2 aliphatic rings. The van der Waals surface area contributed by atoms with Crippen LogP contribution < -0.4 is 9.47 Å². The quantitative estimate of drug-likeness (QED) is 0.725. The summed E-state index contributed by atoms with van der Waals surface area (Å²) in [5.41, 5.74) is 0.177. The summed E-state index contributed by atoms with van der Waals surface area (Å²) in [7, 11) is 0. The van der Waals surface area contributed by atoms with Gasteiger partial charge in [-0.15, -0.1) is 0 Å². The Morgan fingerprint density at radius 2 is 1.71 bits per heavy atom. The molecule has 0 radical (unpaired) electrons. The van der Waals surface area contributed by atoms with Gasteiger partial charge in [0.1, 0.15) is 19.3 Å². The standard InChI is InChI=1S/C23H37NO4/c1-22(2)12-8-13-23(3,4)24(22)15-18(25)16-27-20-10-5-6-11-21(20)28-17-19-9-7-14-26-19/h5-6,10-11,18-19,25H,7-9,12-17H2,1-4H3. The molecule has 2 fully saturated rings. The third-order valence-electron chi connectivity index (χ3n) is 6.16. The molecule has 1 aromatic rings. The lowest BCUT2D eigenvalue weighted by Crippen LogP contribution is -2.60. The molecule has 2 heterocycles. The van der Waals surface area contributed by atoms with E-state index in [-0.39, 0.29) is 23.8 Å². The number of para-hydroxylation sites is 2. The van der Waals surface area contributed by atoms with Gasteiger partial charge in [-0.1, -0.05) is 12.1 Å². The third-order valence-corrected chi connectivity index (χ3v) is 6.16. The van der Waals surface area contributed by atoms with Crippen LogP contribution in [0, 0.1) is 0 Å². The number of likely N-dealkylation sites (tertiary alicyclic amines) is 1. The van der Waals surface area contributed by atoms with Gasteiger partial charge in [-0.25, -0.2) is 0 Å². The Kier molecular flexibility index (Phi) is 6.89. The largest absolute Gasteiger partial charge is 0.487 e. The van der Waals surface area contributed by atoms with Crippen molar-refractivity contribution in [2.45, 2.75) is 83.1 Å². The minimum atomic E-state index is -0.553. The van der Waals surface area contributed by atoms with Crippen LogP contribution in [0.1, 0.15) is 59.8 Å². The summed E-state index contributed by atoms with van der Waals surface area (Å²) < 4.78 is 17.5. The van der Waals surface area contributed by atoms with Crippen LogP contribution in [0.2, 0.25) is 0 Å². The summed E-state index contributed by atoms with van der Waals surface area (Å²) in [5, 5.41) is 10.7. The fourth-order valence-electron chi connectivity index (χ4n) is 4.63. The van der Waals surface area contributed by atoms with Gasteiger partial charge in [-0.3, -0.25) is 4.90 Å². The van der Waals surface area contributed by atoms with E-state index >= 15 is 0 Å². The molecule has 3 rings (SSSR count). The summed E-state index contributed by atoms with van der Waals surface area (Å²) >= 11 is 0. The van der Waals surface area contributed by atoms with Crippen LogP contribution in [-0.2, 0) is 4.74 Å². The van der Waals surface area contributed by atoms with Crippen molar-refractivity contribution in [3.8, 4) is 11.5 Å². The Hall–Kier alpha value is -1.30. The lowest BCUT2D eigenvalue weighted by Gasteiger charge is -2.53. The smallest absolute Gasteiger partial charge is 0.161 e. The van der Waals surface area contributed by atoms with E-state index in [1.165, 1.54) is 6.42 Å². The summed E-state index contributed by atoms with van der Waals surface area (Å²) in [5.74, 6) is 1.39. The number of nitrogens with zero attached hydrogens (tertiary/aromatic N) is 1. The van der Waals surface area contributed by atoms with Crippen LogP contribution >= 0.6 is 0 Å². The molecule has 2 atom stereocenters. The highest BCUT2D eigenvalue weighted by atomic mass is 16.6. The lowest BCUT2D eigenvalue weighted by molar-refractivity contribution is -0.0608. The number of piperidine rings is 1. The Morgan fingerprint density at radius 1 is 1.07 bits per heavy atom. The molecule has 158 valence electrons. The van der Waals surface area contributed by atoms with Crippen LogP contribution in [0.4, 0.5) is 0 Å². The van der Waals surface area contributed by atoms with Crippen molar-refractivity contribution in [1.29, 1.82) is 0 Å². The highest BCUT2D eigenvalue weighted by Gasteiger charge is 2.41. The van der Waals surface area contributed by atoms with Crippen molar-refractivity contribution in [2.75, 3.05) is 26.4 Å². The molecule has 0 saturated carbocycles. The van der Waals surface area contributed by atoms with Crippen LogP contribution in [0.3, 0.4) is 0 Å². The molecular formula is C23H37NO4. The van der Waals surface area contributed by atoms with Gasteiger partial charge in [0.2, 0.25) is 0 Å². The van der Waals surface area contributed by atoms with Crippen molar-refractivity contribution >= 4 is 0 Å². The lowest BCUT2D eigenvalue weighted by atomic mass is 9.79. The first-order valence-electron chi connectivity index (χ1n) is 10.7. The monoisotopic (exact) mass is 391 g/mol. The number of β-amino-alcohol motifs (C(OH)–C–C–N with tert-alkyl or cyclic N) is 1. The first kappa shape index (κ1) is 21.4. The maximum atomic E-state index is 10.7. The number of aliphatic hydroxyl groups excluding tert-OH is 1. The van der Waals surface area contributed by atoms with Crippen molar-refractivity contribution < 1.29 is 19.3 Å². The van der Waals surface area contributed by atoms with Gasteiger partial charge >= 0.3 is 0 Å². The summed E-state index contributed by atoms with van der Waals surface area (Å²) in [6.07, 6.45) is 5.31. The third kappa shape index (κ3) is 5.40. The molecular weight excluding hydrogens is 354 g/mol. The van der Waals surface area contributed by atoms with Crippen LogP contribution in [0.5, 0.6) is 11.5 Å². The zero-order valence-electron chi connectivity index (χ0n) is 17.9. The topological polar surface area (TPSA) is 51.2 Å². The zero-order chi connectivity index (χ0) is 20.2. The number of hydrogen-bond donors (Lipinski definition) is 1. The SMILES string of the molecule is CC1(C)CCCC(C)(C)N1CC(O)COc1ccccc1OCC1CCCO1. The normalized spacial score (nSPS) is 25.4. The van der Waals surface area contributed by atoms with Gasteiger partial charge in [0.25, 0.3) is 0 Å². The van der Waals surface area contributed by atoms with Gasteiger partial charge in [0.15, 0.2) is 11.5 Å². The second-order valence-electron chi connectivity index (χ2n) is 9.45. The van der Waals surface area contributed by atoms with Crippen molar-refractivity contribution in [2.24, 2.45) is 0 Å². The van der Waals surface area contributed by atoms with E-state index in [4.69, 9.17) is 14.2 Å². The molecule has 0 amide bonds. The van der Waals surface area contributed by atoms with Crippen LogP contribution in [0.15, 0.2) is 24.3 Å². The zero-order valence-corrected chi connectivity index (χ0v) is 17.9. The minimum Gasteiger partial charge on any atom is -0.487 e. The highest BCUT2D eigenvalue weighted by molar-refractivity contribution is 5.39. The average molecular weight is 392 g/mol. The Morgan fingerprint density at radius 3 is 2.32 bits per heavy atom. The fourth-order valence-corrected chi connectivity index (χ4v) is 4.63. The molecule has 2 unspecified atom stereocenters. The van der Waals surface area contributed by atoms with E-state index < -0.39 is 6.10 Å². The minimum absolute atomic E-state index is 0.0883. The van der Waals surface area contributed by atoms with Crippen molar-refractivity contribution in [3.05, 3.63) is 24.3 Å². The molecule has 1 aromatic carbocycles. The fraction of sp³-hybridized carbons (Fsp3) is 0.739. The van der Waals surface area contributed by atoms with Gasteiger partial charge in [-0.2, -0.15) is 0 Å². The summed E-state index contributed by atoms with van der Waals surface area (Å²) in [6, 6.07) is 7.67. The molecule has 0 bridgehead atoms. The van der Waals surface area contributed by atoms with Gasteiger partial charge < -0.3 is 19.3 Å². The summed E-state index contributed by atoms with van der Waals surface area (Å²) in [6.45, 7) is 11.3. The molecule has 2 aliphatic heterocycles. The van der Waals surface area contributed by atoms with Crippen molar-refractivity contribution in [1.82, 2.24) is 4.90 Å². The Bertz CT molecular complexity index is 609. The predicted octanol–water partition coefficient (Wildman–Crippen LogP) is 4.03. The van der Waals surface area contributed by atoms with E-state index in [2.05, 4.69) is 32.6 Å². The molecule has 0 spiro atoms. The Labute approximate surface area is 170 Å². The van der Waals surface area contributed by atoms with E-state index in [0.717, 1.165) is 32.3 Å². The summed E-state index contributed by atoms with van der Waals surface area (Å²) in [4.78, 5) is 2.44. The number of rotatable bonds is 8. The van der Waals surface area contributed by atoms with Gasteiger partial charge in [0, 0.05) is 24.2 Å². The van der Waals surface area contributed by atoms with E-state index in [0.29, 0.717) is 24.7 Å². The molecule has 0 aliphatic carbocycles. The number of hydrogen-bond acceptors (Lipinski definition) is 5. The maximum Gasteiger partial charge on any atom is 0.161 e. The molecule has 1 N–H and O–H groups in total. The average Bonchev–Trinajstić information content (AvgIpc) is 3.15. The molecule has 5 heteroatoms. The van der Waals surface area contributed by atoms with Crippen molar-refractivity contribution in [3.63, 3.8) is 0 Å². The number of benzene rings is 1. The van der Waals surface area contributed by atoms with E-state index in [9.17, 15) is 5.11 Å². The van der Waals surface area contributed by atoms with E-state index in [1.54, 1.807) is 0 Å². The Balaban J connectivity index is 1.54. The van der Waals surface area contributed by atoms with Crippen LogP contribution in [-0.4, -0.2) is 59.7 Å². The molecule has 0 aromatic heterocycles. The number of aliphatic hydroxyl groups is 1. The second-order valence-corrected chi connectivity index (χ2v) is 9.45. The first-order chi connectivity index (χ1) is 13.3.